The van der Waals surface area contributed by atoms with Crippen LogP contribution < -0.4 is 15.8 Å². The maximum atomic E-state index is 12.7. The summed E-state index contributed by atoms with van der Waals surface area (Å²) in [5, 5.41) is 12.7. The molecule has 0 saturated heterocycles. The van der Waals surface area contributed by atoms with E-state index in [4.69, 9.17) is 15.5 Å². The van der Waals surface area contributed by atoms with Crippen molar-refractivity contribution in [1.29, 1.82) is 5.26 Å². The van der Waals surface area contributed by atoms with Crippen LogP contribution in [-0.4, -0.2) is 40.3 Å². The van der Waals surface area contributed by atoms with Gasteiger partial charge in [0.2, 0.25) is 5.91 Å². The molecule has 2 aliphatic heterocycles. The summed E-state index contributed by atoms with van der Waals surface area (Å²) < 4.78 is 5.92. The molecule has 2 bridgehead atoms. The van der Waals surface area contributed by atoms with Gasteiger partial charge >= 0.3 is 0 Å². The number of dihydropyridines is 1. The van der Waals surface area contributed by atoms with Gasteiger partial charge in [0.1, 0.15) is 6.10 Å². The molecule has 2 atom stereocenters. The zero-order valence-electron chi connectivity index (χ0n) is 17.4. The molecule has 0 saturated carbocycles. The first-order valence-electron chi connectivity index (χ1n) is 9.68. The number of hydrogen-bond donors (Lipinski definition) is 2. The van der Waals surface area contributed by atoms with Gasteiger partial charge in [0.25, 0.3) is 5.88 Å². The van der Waals surface area contributed by atoms with Crippen molar-refractivity contribution in [2.45, 2.75) is 53.2 Å². The van der Waals surface area contributed by atoms with Crippen molar-refractivity contribution in [1.82, 2.24) is 15.3 Å². The number of amides is 1. The van der Waals surface area contributed by atoms with Gasteiger partial charge < -0.3 is 15.8 Å². The highest BCUT2D eigenvalue weighted by Gasteiger charge is 2.29. The number of aliphatic imine (C=N–C) groups is 1. The highest BCUT2D eigenvalue weighted by atomic mass is 16.5. The molecule has 0 spiro atoms. The Balaban J connectivity index is 2.21. The van der Waals surface area contributed by atoms with E-state index in [0.29, 0.717) is 34.5 Å². The van der Waals surface area contributed by atoms with Crippen molar-refractivity contribution in [3.05, 3.63) is 28.6 Å². The number of nitrogen functional groups attached to an aromatic ring is 1. The van der Waals surface area contributed by atoms with E-state index in [0.717, 1.165) is 5.57 Å². The number of fused-ring (bicyclic) bond motifs is 4. The average molecular weight is 394 g/mol. The van der Waals surface area contributed by atoms with Gasteiger partial charge in [-0.2, -0.15) is 5.26 Å². The Morgan fingerprint density at radius 1 is 1.38 bits per heavy atom. The fourth-order valence-electron chi connectivity index (χ4n) is 3.34. The van der Waals surface area contributed by atoms with Gasteiger partial charge in [-0.15, -0.1) is 0 Å². The predicted molar refractivity (Wildman–Crippen MR) is 111 cm³/mol. The molecule has 2 unspecified atom stereocenters. The highest BCUT2D eigenvalue weighted by molar-refractivity contribution is 6.27. The lowest BCUT2D eigenvalue weighted by Crippen LogP contribution is -2.35. The first-order valence-corrected chi connectivity index (χ1v) is 9.68. The largest absolute Gasteiger partial charge is 0.467 e. The first kappa shape index (κ1) is 20.5. The van der Waals surface area contributed by atoms with Crippen LogP contribution in [0.15, 0.2) is 27.9 Å². The van der Waals surface area contributed by atoms with Crippen molar-refractivity contribution in [3.63, 3.8) is 0 Å². The molecule has 152 valence electrons. The molecule has 0 radical (unpaired) electrons. The molecule has 0 fully saturated rings. The molecule has 3 heterocycles. The standard InChI is InChI=1S/C21H26N6O2/c1-10(2)15-6-14(7-22)18-16(26-15)9-25-20(28)12(4)11(3)13(5)29-21-19(23)24-8-17(18)27-21/h8,10,13,15H,6,9H2,1-5H3,(H2,23,24)(H,25,28). The monoisotopic (exact) mass is 394 g/mol. The molecule has 8 nitrogen and oxygen atoms in total. The zero-order chi connectivity index (χ0) is 21.3. The van der Waals surface area contributed by atoms with Crippen LogP contribution in [0.4, 0.5) is 5.82 Å². The summed E-state index contributed by atoms with van der Waals surface area (Å²) >= 11 is 0. The molecule has 29 heavy (non-hydrogen) atoms. The minimum Gasteiger partial charge on any atom is -0.467 e. The van der Waals surface area contributed by atoms with E-state index in [1.165, 1.54) is 6.20 Å². The smallest absolute Gasteiger partial charge is 0.258 e. The second kappa shape index (κ2) is 8.03. The van der Waals surface area contributed by atoms with E-state index in [1.54, 1.807) is 6.92 Å². The van der Waals surface area contributed by atoms with E-state index in [1.807, 2.05) is 13.8 Å². The van der Waals surface area contributed by atoms with Gasteiger partial charge in [-0.05, 0) is 32.3 Å². The van der Waals surface area contributed by atoms with Crippen molar-refractivity contribution < 1.29 is 9.53 Å². The number of aromatic nitrogens is 2. The zero-order valence-corrected chi connectivity index (χ0v) is 17.4. The Bertz CT molecular complexity index is 983. The quantitative estimate of drug-likeness (QED) is 0.753. The Hall–Kier alpha value is -3.21. The SMILES string of the molecule is CC1=C(C)C(C)Oc2nc(cnc2N)C2=C(C#N)CC(C(C)C)N=C2CNC1=O. The molecule has 3 rings (SSSR count). The maximum absolute atomic E-state index is 12.7. The second-order valence-corrected chi connectivity index (χ2v) is 7.75. The molecular weight excluding hydrogens is 368 g/mol. The van der Waals surface area contributed by atoms with Gasteiger partial charge in [0.05, 0.1) is 36.3 Å². The summed E-state index contributed by atoms with van der Waals surface area (Å²) in [4.78, 5) is 26.3. The van der Waals surface area contributed by atoms with Crippen LogP contribution in [0.5, 0.6) is 5.88 Å². The summed E-state index contributed by atoms with van der Waals surface area (Å²) in [5.74, 6) is 0.387. The van der Waals surface area contributed by atoms with Gasteiger partial charge in [-0.25, -0.2) is 9.97 Å². The number of nitrogens with one attached hydrogen (secondary N) is 1. The normalized spacial score (nSPS) is 22.7. The molecule has 2 aliphatic rings. The number of carbonyl (C=O) groups excluding carboxylic acids is 1. The summed E-state index contributed by atoms with van der Waals surface area (Å²) in [7, 11) is 0. The fraction of sp³-hybridized carbons (Fsp3) is 0.476. The predicted octanol–water partition coefficient (Wildman–Crippen LogP) is 2.44. The maximum Gasteiger partial charge on any atom is 0.258 e. The minimum atomic E-state index is -0.416. The van der Waals surface area contributed by atoms with Crippen LogP contribution in [0, 0.1) is 17.2 Å². The molecule has 3 N–H and O–H groups in total. The number of nitrogens with two attached hydrogens (primary N) is 1. The van der Waals surface area contributed by atoms with Crippen LogP contribution in [-0.2, 0) is 4.79 Å². The van der Waals surface area contributed by atoms with Crippen molar-refractivity contribution in [2.75, 3.05) is 12.3 Å². The van der Waals surface area contributed by atoms with Crippen LogP contribution in [0.1, 0.15) is 46.7 Å². The van der Waals surface area contributed by atoms with Gasteiger partial charge in [0.15, 0.2) is 5.82 Å². The van der Waals surface area contributed by atoms with Crippen LogP contribution in [0.2, 0.25) is 0 Å². The Morgan fingerprint density at radius 3 is 2.76 bits per heavy atom. The van der Waals surface area contributed by atoms with Crippen LogP contribution in [0.3, 0.4) is 0 Å². The lowest BCUT2D eigenvalue weighted by molar-refractivity contribution is -0.117. The molecule has 8 heteroatoms. The third-order valence-corrected chi connectivity index (χ3v) is 5.50. The van der Waals surface area contributed by atoms with E-state index in [2.05, 4.69) is 35.2 Å². The van der Waals surface area contributed by atoms with Gasteiger partial charge in [0, 0.05) is 23.1 Å². The topological polar surface area (TPSA) is 126 Å². The lowest BCUT2D eigenvalue weighted by Gasteiger charge is -2.27. The van der Waals surface area contributed by atoms with E-state index >= 15 is 0 Å². The summed E-state index contributed by atoms with van der Waals surface area (Å²) in [6.45, 7) is 9.74. The van der Waals surface area contributed by atoms with Gasteiger partial charge in [-0.1, -0.05) is 13.8 Å². The van der Waals surface area contributed by atoms with Crippen molar-refractivity contribution >= 4 is 23.0 Å². The molecular formula is C21H26N6O2. The van der Waals surface area contributed by atoms with Gasteiger partial charge in [-0.3, -0.25) is 9.79 Å². The minimum absolute atomic E-state index is 0.0379. The number of rotatable bonds is 1. The third-order valence-electron chi connectivity index (χ3n) is 5.50. The van der Waals surface area contributed by atoms with E-state index in [9.17, 15) is 10.1 Å². The number of hydrogen-bond acceptors (Lipinski definition) is 7. The molecule has 0 aromatic carbocycles. The number of nitrogens with zero attached hydrogens (tertiary/aromatic N) is 4. The number of nitriles is 1. The number of anilines is 1. The Kier molecular flexibility index (Phi) is 5.69. The summed E-state index contributed by atoms with van der Waals surface area (Å²) in [6.07, 6.45) is 1.62. The molecule has 0 aliphatic carbocycles. The first-order chi connectivity index (χ1) is 13.7. The highest BCUT2D eigenvalue weighted by Crippen LogP contribution is 2.32. The van der Waals surface area contributed by atoms with E-state index < -0.39 is 6.10 Å². The van der Waals surface area contributed by atoms with Crippen LogP contribution >= 0.6 is 0 Å². The number of carbonyl (C=O) groups is 1. The Labute approximate surface area is 170 Å². The third kappa shape index (κ3) is 3.99. The molecule has 1 aromatic rings. The van der Waals surface area contributed by atoms with E-state index in [-0.39, 0.29) is 36.1 Å². The summed E-state index contributed by atoms with van der Waals surface area (Å²) in [6, 6.07) is 2.26. The van der Waals surface area contributed by atoms with Crippen LogP contribution in [0.25, 0.3) is 5.57 Å². The van der Waals surface area contributed by atoms with Crippen molar-refractivity contribution in [3.8, 4) is 11.9 Å². The average Bonchev–Trinajstić information content (AvgIpc) is 2.70. The fourth-order valence-corrected chi connectivity index (χ4v) is 3.34. The molecule has 1 amide bonds. The lowest BCUT2D eigenvalue weighted by atomic mass is 9.88. The second-order valence-electron chi connectivity index (χ2n) is 7.75. The Morgan fingerprint density at radius 2 is 2.10 bits per heavy atom. The van der Waals surface area contributed by atoms with Crippen molar-refractivity contribution in [2.24, 2.45) is 10.9 Å². The summed E-state index contributed by atoms with van der Waals surface area (Å²) in [5.41, 5.74) is 9.55. The number of ether oxygens (including phenoxy) is 1. The molecule has 1 aromatic heterocycles.